The van der Waals surface area contributed by atoms with Crippen molar-refractivity contribution < 1.29 is 14.2 Å². The van der Waals surface area contributed by atoms with E-state index in [4.69, 9.17) is 14.2 Å². The lowest BCUT2D eigenvalue weighted by atomic mass is 9.80. The average molecular weight is 199 g/mol. The van der Waals surface area contributed by atoms with Crippen LogP contribution < -0.4 is 0 Å². The summed E-state index contributed by atoms with van der Waals surface area (Å²) in [5, 5.41) is 0. The number of rotatable bonds is 2. The van der Waals surface area contributed by atoms with Crippen LogP contribution in [-0.4, -0.2) is 30.6 Å². The van der Waals surface area contributed by atoms with Crippen molar-refractivity contribution in [2.24, 2.45) is 10.9 Å². The minimum atomic E-state index is -0.966. The molecule has 0 aromatic carbocycles. The fraction of sp³-hybridized carbons (Fsp3) is 0.900. The third-order valence-corrected chi connectivity index (χ3v) is 3.00. The summed E-state index contributed by atoms with van der Waals surface area (Å²) in [6, 6.07) is 0. The van der Waals surface area contributed by atoms with Gasteiger partial charge in [-0.25, -0.2) is 4.99 Å². The van der Waals surface area contributed by atoms with E-state index < -0.39 is 5.97 Å². The molecule has 2 aliphatic heterocycles. The van der Waals surface area contributed by atoms with Crippen molar-refractivity contribution in [1.82, 2.24) is 0 Å². The highest BCUT2D eigenvalue weighted by atomic mass is 16.9. The minimum absolute atomic E-state index is 0.0694. The van der Waals surface area contributed by atoms with Gasteiger partial charge in [0.25, 0.3) is 0 Å². The first-order valence-electron chi connectivity index (χ1n) is 4.93. The van der Waals surface area contributed by atoms with Gasteiger partial charge in [0.15, 0.2) is 11.4 Å². The van der Waals surface area contributed by atoms with Crippen LogP contribution in [0.4, 0.5) is 0 Å². The molecule has 0 radical (unpaired) electrons. The van der Waals surface area contributed by atoms with Crippen LogP contribution in [0.15, 0.2) is 4.99 Å². The first-order chi connectivity index (χ1) is 6.45. The molecule has 14 heavy (non-hydrogen) atoms. The second-order valence-corrected chi connectivity index (χ2v) is 4.42. The second-order valence-electron chi connectivity index (χ2n) is 4.42. The molecule has 0 unspecified atom stereocenters. The van der Waals surface area contributed by atoms with E-state index in [0.717, 1.165) is 0 Å². The molecule has 2 rings (SSSR count). The molecule has 2 heterocycles. The number of aliphatic imine (C=N–C) groups is 1. The molecule has 80 valence electrons. The molecule has 0 spiro atoms. The van der Waals surface area contributed by atoms with Crippen molar-refractivity contribution in [3.05, 3.63) is 0 Å². The quantitative estimate of drug-likeness (QED) is 0.677. The Kier molecular flexibility index (Phi) is 1.92. The molecule has 0 bridgehead atoms. The van der Waals surface area contributed by atoms with E-state index in [-0.39, 0.29) is 11.6 Å². The number of nitrogens with zero attached hydrogens (tertiary/aromatic N) is 1. The summed E-state index contributed by atoms with van der Waals surface area (Å²) in [5.41, 5.74) is -0.389. The Labute approximate surface area is 84.2 Å². The zero-order valence-electron chi connectivity index (χ0n) is 9.33. The molecule has 1 fully saturated rings. The lowest BCUT2D eigenvalue weighted by Crippen LogP contribution is -2.73. The summed E-state index contributed by atoms with van der Waals surface area (Å²) < 4.78 is 16.5. The molecule has 2 aliphatic rings. The van der Waals surface area contributed by atoms with Gasteiger partial charge in [-0.2, -0.15) is 0 Å². The standard InChI is InChI=1S/C10H17NO3/c1-6(2)8-9(4)10(12-5,14-8)13-7(3)11-9/h6,8H,1-5H3/t8-,9+,10-/m1/s1. The van der Waals surface area contributed by atoms with Crippen molar-refractivity contribution in [1.29, 1.82) is 0 Å². The van der Waals surface area contributed by atoms with E-state index in [1.807, 2.05) is 13.8 Å². The maximum atomic E-state index is 5.68. The minimum Gasteiger partial charge on any atom is -0.424 e. The Morgan fingerprint density at radius 2 is 2.14 bits per heavy atom. The topological polar surface area (TPSA) is 40.0 Å². The first kappa shape index (κ1) is 9.93. The summed E-state index contributed by atoms with van der Waals surface area (Å²) in [5.74, 6) is 0.0745. The van der Waals surface area contributed by atoms with E-state index in [9.17, 15) is 0 Å². The van der Waals surface area contributed by atoms with Gasteiger partial charge in [-0.3, -0.25) is 0 Å². The monoisotopic (exact) mass is 199 g/mol. The number of hydrogen-bond donors (Lipinski definition) is 0. The summed E-state index contributed by atoms with van der Waals surface area (Å²) in [7, 11) is 1.59. The van der Waals surface area contributed by atoms with Gasteiger partial charge in [-0.05, 0) is 12.8 Å². The van der Waals surface area contributed by atoms with E-state index in [1.165, 1.54) is 0 Å². The third kappa shape index (κ3) is 0.929. The third-order valence-electron chi connectivity index (χ3n) is 3.00. The molecule has 0 aromatic rings. The molecular formula is C10H17NO3. The van der Waals surface area contributed by atoms with Crippen LogP contribution in [0.5, 0.6) is 0 Å². The van der Waals surface area contributed by atoms with Crippen molar-refractivity contribution >= 4 is 5.90 Å². The highest BCUT2D eigenvalue weighted by Crippen LogP contribution is 2.53. The van der Waals surface area contributed by atoms with Gasteiger partial charge >= 0.3 is 5.97 Å². The van der Waals surface area contributed by atoms with Gasteiger partial charge in [0.05, 0.1) is 0 Å². The van der Waals surface area contributed by atoms with Crippen LogP contribution >= 0.6 is 0 Å². The van der Waals surface area contributed by atoms with Crippen molar-refractivity contribution in [3.63, 3.8) is 0 Å². The molecule has 1 saturated heterocycles. The Morgan fingerprint density at radius 3 is 2.64 bits per heavy atom. The smallest absolute Gasteiger partial charge is 0.357 e. The van der Waals surface area contributed by atoms with Gasteiger partial charge in [0.2, 0.25) is 0 Å². The zero-order chi connectivity index (χ0) is 10.6. The molecule has 4 heteroatoms. The fourth-order valence-electron chi connectivity index (χ4n) is 2.40. The van der Waals surface area contributed by atoms with E-state index in [0.29, 0.717) is 11.8 Å². The molecule has 3 atom stereocenters. The maximum absolute atomic E-state index is 5.68. The summed E-state index contributed by atoms with van der Waals surface area (Å²) in [4.78, 5) is 4.48. The Bertz CT molecular complexity index is 289. The first-order valence-corrected chi connectivity index (χ1v) is 4.93. The lowest BCUT2D eigenvalue weighted by molar-refractivity contribution is -0.462. The van der Waals surface area contributed by atoms with Crippen LogP contribution in [0.1, 0.15) is 27.7 Å². The Balaban J connectivity index is 2.29. The molecule has 4 nitrogen and oxygen atoms in total. The van der Waals surface area contributed by atoms with Gasteiger partial charge in [-0.15, -0.1) is 0 Å². The molecule has 0 N–H and O–H groups in total. The van der Waals surface area contributed by atoms with E-state index in [2.05, 4.69) is 18.8 Å². The molecule has 0 aromatic heterocycles. The average Bonchev–Trinajstić information content (AvgIpc) is 2.26. The van der Waals surface area contributed by atoms with Crippen LogP contribution in [0.2, 0.25) is 0 Å². The fourth-order valence-corrected chi connectivity index (χ4v) is 2.40. The SMILES string of the molecule is CO[C@@]12OC(C)=N[C@@]1(C)[C@@H](C(C)C)O2. The van der Waals surface area contributed by atoms with Gasteiger partial charge in [0.1, 0.15) is 6.10 Å². The predicted octanol–water partition coefficient (Wildman–Crippen LogP) is 1.55. The number of hydrogen-bond acceptors (Lipinski definition) is 4. The van der Waals surface area contributed by atoms with Crippen molar-refractivity contribution in [2.45, 2.75) is 45.3 Å². The normalized spacial score (nSPS) is 45.6. The second kappa shape index (κ2) is 2.70. The Morgan fingerprint density at radius 1 is 1.50 bits per heavy atom. The van der Waals surface area contributed by atoms with Gasteiger partial charge in [-0.1, -0.05) is 13.8 Å². The van der Waals surface area contributed by atoms with Crippen molar-refractivity contribution in [3.8, 4) is 0 Å². The predicted molar refractivity (Wildman–Crippen MR) is 52.1 cm³/mol. The highest BCUT2D eigenvalue weighted by Gasteiger charge is 2.73. The largest absolute Gasteiger partial charge is 0.424 e. The van der Waals surface area contributed by atoms with Crippen LogP contribution in [-0.2, 0) is 14.2 Å². The summed E-state index contributed by atoms with van der Waals surface area (Å²) in [6.07, 6.45) is 0.0694. The lowest BCUT2D eigenvalue weighted by Gasteiger charge is -2.54. The van der Waals surface area contributed by atoms with Crippen molar-refractivity contribution in [2.75, 3.05) is 7.11 Å². The molecule has 0 saturated carbocycles. The van der Waals surface area contributed by atoms with E-state index >= 15 is 0 Å². The number of fused-ring (bicyclic) bond motifs is 1. The van der Waals surface area contributed by atoms with Gasteiger partial charge < -0.3 is 14.2 Å². The zero-order valence-corrected chi connectivity index (χ0v) is 9.33. The number of methoxy groups -OCH3 is 1. The molecular weight excluding hydrogens is 182 g/mol. The molecule has 0 aliphatic carbocycles. The van der Waals surface area contributed by atoms with Crippen LogP contribution in [0.3, 0.4) is 0 Å². The van der Waals surface area contributed by atoms with Gasteiger partial charge in [0, 0.05) is 14.0 Å². The van der Waals surface area contributed by atoms with Crippen LogP contribution in [0.25, 0.3) is 0 Å². The van der Waals surface area contributed by atoms with Crippen LogP contribution in [0, 0.1) is 5.92 Å². The maximum Gasteiger partial charge on any atom is 0.357 e. The Hall–Kier alpha value is -0.610. The molecule has 0 amide bonds. The number of ether oxygens (including phenoxy) is 3. The summed E-state index contributed by atoms with van der Waals surface area (Å²) >= 11 is 0. The highest BCUT2D eigenvalue weighted by molar-refractivity contribution is 5.76. The summed E-state index contributed by atoms with van der Waals surface area (Å²) in [6.45, 7) is 8.06. The van der Waals surface area contributed by atoms with E-state index in [1.54, 1.807) is 7.11 Å².